The molecule has 1 amide bonds. The van der Waals surface area contributed by atoms with Crippen LogP contribution in [-0.4, -0.2) is 21.9 Å². The monoisotopic (exact) mass is 239 g/mol. The first-order valence-electron chi connectivity index (χ1n) is 5.09. The normalized spacial score (nSPS) is 16.5. The highest BCUT2D eigenvalue weighted by molar-refractivity contribution is 8.00. The number of hydrogen-bond acceptors (Lipinski definition) is 3. The summed E-state index contributed by atoms with van der Waals surface area (Å²) < 4.78 is 0. The van der Waals surface area contributed by atoms with Crippen molar-refractivity contribution in [2.75, 3.05) is 0 Å². The van der Waals surface area contributed by atoms with Gasteiger partial charge in [0.05, 0.1) is 0 Å². The molecule has 0 unspecified atom stereocenters. The molecule has 16 heavy (non-hydrogen) atoms. The minimum absolute atomic E-state index is 0.285. The molecule has 2 atom stereocenters. The standard InChI is InChI=1S/C12H17NO2S/c1-8-4-6-10(7-5-8)16-9(2)12(3,15)11(13)14/h4-7,9,15H,1-3H3,(H2,13,14)/t9-,12+/m0/s1. The highest BCUT2D eigenvalue weighted by Crippen LogP contribution is 2.30. The molecule has 0 saturated heterocycles. The summed E-state index contributed by atoms with van der Waals surface area (Å²) in [7, 11) is 0. The molecule has 0 spiro atoms. The summed E-state index contributed by atoms with van der Waals surface area (Å²) in [6.45, 7) is 5.24. The van der Waals surface area contributed by atoms with Crippen molar-refractivity contribution >= 4 is 17.7 Å². The Morgan fingerprint density at radius 1 is 1.44 bits per heavy atom. The van der Waals surface area contributed by atoms with E-state index in [4.69, 9.17) is 5.73 Å². The third-order valence-corrected chi connectivity index (χ3v) is 3.98. The summed E-state index contributed by atoms with van der Waals surface area (Å²) >= 11 is 1.44. The minimum Gasteiger partial charge on any atom is -0.379 e. The number of primary amides is 1. The molecule has 4 heteroatoms. The molecule has 0 aromatic heterocycles. The van der Waals surface area contributed by atoms with E-state index < -0.39 is 11.5 Å². The Kier molecular flexibility index (Phi) is 3.99. The van der Waals surface area contributed by atoms with Crippen molar-refractivity contribution in [2.45, 2.75) is 36.5 Å². The highest BCUT2D eigenvalue weighted by atomic mass is 32.2. The molecule has 1 aromatic rings. The first-order valence-corrected chi connectivity index (χ1v) is 5.97. The summed E-state index contributed by atoms with van der Waals surface area (Å²) in [4.78, 5) is 12.1. The quantitative estimate of drug-likeness (QED) is 0.786. The van der Waals surface area contributed by atoms with E-state index in [0.717, 1.165) is 4.90 Å². The number of thioether (sulfide) groups is 1. The van der Waals surface area contributed by atoms with Gasteiger partial charge in [-0.1, -0.05) is 17.7 Å². The zero-order valence-corrected chi connectivity index (χ0v) is 10.5. The predicted octanol–water partition coefficient (Wildman–Crippen LogP) is 1.71. The van der Waals surface area contributed by atoms with Crippen molar-refractivity contribution < 1.29 is 9.90 Å². The summed E-state index contributed by atoms with van der Waals surface area (Å²) in [6, 6.07) is 7.92. The molecule has 3 nitrogen and oxygen atoms in total. The first-order chi connectivity index (χ1) is 7.34. The van der Waals surface area contributed by atoms with Crippen LogP contribution in [0.5, 0.6) is 0 Å². The van der Waals surface area contributed by atoms with Crippen LogP contribution in [0.15, 0.2) is 29.2 Å². The third-order valence-electron chi connectivity index (χ3n) is 2.62. The Morgan fingerprint density at radius 3 is 2.38 bits per heavy atom. The van der Waals surface area contributed by atoms with Crippen LogP contribution in [0.3, 0.4) is 0 Å². The number of amides is 1. The molecular weight excluding hydrogens is 222 g/mol. The lowest BCUT2D eigenvalue weighted by Crippen LogP contribution is -2.48. The number of carbonyl (C=O) groups excluding carboxylic acids is 1. The lowest BCUT2D eigenvalue weighted by atomic mass is 10.0. The van der Waals surface area contributed by atoms with Crippen LogP contribution in [0.2, 0.25) is 0 Å². The number of rotatable bonds is 4. The van der Waals surface area contributed by atoms with Gasteiger partial charge in [0.1, 0.15) is 0 Å². The van der Waals surface area contributed by atoms with Gasteiger partial charge in [-0.2, -0.15) is 0 Å². The largest absolute Gasteiger partial charge is 0.379 e. The predicted molar refractivity (Wildman–Crippen MR) is 66.3 cm³/mol. The van der Waals surface area contributed by atoms with E-state index in [9.17, 15) is 9.90 Å². The number of nitrogens with two attached hydrogens (primary N) is 1. The van der Waals surface area contributed by atoms with Gasteiger partial charge in [0.15, 0.2) is 5.60 Å². The van der Waals surface area contributed by atoms with Gasteiger partial charge in [-0.25, -0.2) is 0 Å². The molecule has 0 radical (unpaired) electrons. The van der Waals surface area contributed by atoms with Crippen LogP contribution in [0, 0.1) is 6.92 Å². The molecule has 0 aliphatic carbocycles. The molecule has 0 aliphatic heterocycles. The van der Waals surface area contributed by atoms with Gasteiger partial charge < -0.3 is 10.8 Å². The number of aliphatic hydroxyl groups is 1. The van der Waals surface area contributed by atoms with Crippen LogP contribution >= 0.6 is 11.8 Å². The van der Waals surface area contributed by atoms with E-state index in [2.05, 4.69) is 0 Å². The molecule has 1 rings (SSSR count). The van der Waals surface area contributed by atoms with E-state index in [1.807, 2.05) is 31.2 Å². The Hall–Kier alpha value is -1.00. The Balaban J connectivity index is 2.75. The number of aryl methyl sites for hydroxylation is 1. The first kappa shape index (κ1) is 13.1. The Labute approximate surface area is 100 Å². The number of hydrogen-bond donors (Lipinski definition) is 2. The zero-order chi connectivity index (χ0) is 12.3. The second-order valence-corrected chi connectivity index (χ2v) is 5.50. The fraction of sp³-hybridized carbons (Fsp3) is 0.417. The minimum atomic E-state index is -1.49. The summed E-state index contributed by atoms with van der Waals surface area (Å²) in [6.07, 6.45) is 0. The van der Waals surface area contributed by atoms with Crippen LogP contribution in [0.4, 0.5) is 0 Å². The van der Waals surface area contributed by atoms with E-state index in [-0.39, 0.29) is 5.25 Å². The molecule has 0 heterocycles. The van der Waals surface area contributed by atoms with Crippen LogP contribution in [-0.2, 0) is 4.79 Å². The molecule has 0 bridgehead atoms. The Bertz CT molecular complexity index is 373. The molecule has 1 aromatic carbocycles. The smallest absolute Gasteiger partial charge is 0.250 e. The number of carbonyl (C=O) groups is 1. The summed E-state index contributed by atoms with van der Waals surface area (Å²) in [5.74, 6) is -0.695. The molecule has 88 valence electrons. The van der Waals surface area contributed by atoms with Crippen molar-refractivity contribution in [2.24, 2.45) is 5.73 Å². The summed E-state index contributed by atoms with van der Waals surface area (Å²) in [5, 5.41) is 9.60. The molecular formula is C12H17NO2S. The van der Waals surface area contributed by atoms with Gasteiger partial charge in [0.2, 0.25) is 5.91 Å². The molecule has 3 N–H and O–H groups in total. The maximum absolute atomic E-state index is 11.1. The van der Waals surface area contributed by atoms with Gasteiger partial charge in [-0.05, 0) is 32.9 Å². The molecule has 0 fully saturated rings. The number of benzene rings is 1. The Morgan fingerprint density at radius 2 is 1.94 bits per heavy atom. The third kappa shape index (κ3) is 3.00. The lowest BCUT2D eigenvalue weighted by Gasteiger charge is -2.26. The van der Waals surface area contributed by atoms with Crippen LogP contribution in [0.25, 0.3) is 0 Å². The fourth-order valence-electron chi connectivity index (χ4n) is 1.14. The van der Waals surface area contributed by atoms with Gasteiger partial charge in [0, 0.05) is 10.1 Å². The maximum atomic E-state index is 11.1. The van der Waals surface area contributed by atoms with Crippen molar-refractivity contribution in [1.29, 1.82) is 0 Å². The topological polar surface area (TPSA) is 63.3 Å². The van der Waals surface area contributed by atoms with E-state index in [0.29, 0.717) is 0 Å². The lowest BCUT2D eigenvalue weighted by molar-refractivity contribution is -0.134. The molecule has 0 aliphatic rings. The van der Waals surface area contributed by atoms with Gasteiger partial charge in [-0.3, -0.25) is 4.79 Å². The average Bonchev–Trinajstić information content (AvgIpc) is 2.21. The highest BCUT2D eigenvalue weighted by Gasteiger charge is 2.35. The second kappa shape index (κ2) is 4.89. The van der Waals surface area contributed by atoms with Crippen molar-refractivity contribution in [3.05, 3.63) is 29.8 Å². The second-order valence-electron chi connectivity index (χ2n) is 4.08. The fourth-order valence-corrected chi connectivity index (χ4v) is 2.18. The molecule has 0 saturated carbocycles. The van der Waals surface area contributed by atoms with Crippen LogP contribution < -0.4 is 5.73 Å². The van der Waals surface area contributed by atoms with Gasteiger partial charge in [0.25, 0.3) is 0 Å². The van der Waals surface area contributed by atoms with Crippen molar-refractivity contribution in [1.82, 2.24) is 0 Å². The average molecular weight is 239 g/mol. The van der Waals surface area contributed by atoms with Crippen molar-refractivity contribution in [3.8, 4) is 0 Å². The van der Waals surface area contributed by atoms with Gasteiger partial charge in [-0.15, -0.1) is 11.8 Å². The maximum Gasteiger partial charge on any atom is 0.250 e. The van der Waals surface area contributed by atoms with E-state index >= 15 is 0 Å². The zero-order valence-electron chi connectivity index (χ0n) is 9.73. The van der Waals surface area contributed by atoms with Gasteiger partial charge >= 0.3 is 0 Å². The summed E-state index contributed by atoms with van der Waals surface area (Å²) in [5.41, 5.74) is 4.84. The van der Waals surface area contributed by atoms with E-state index in [1.165, 1.54) is 24.2 Å². The SMILES string of the molecule is Cc1ccc(S[C@@H](C)[C@@](C)(O)C(N)=O)cc1. The van der Waals surface area contributed by atoms with Crippen LogP contribution in [0.1, 0.15) is 19.4 Å². The van der Waals surface area contributed by atoms with Crippen molar-refractivity contribution in [3.63, 3.8) is 0 Å². The van der Waals surface area contributed by atoms with E-state index in [1.54, 1.807) is 6.92 Å².